The lowest BCUT2D eigenvalue weighted by Gasteiger charge is -2.23. The zero-order valence-electron chi connectivity index (χ0n) is 12.0. The molecule has 0 saturated carbocycles. The summed E-state index contributed by atoms with van der Waals surface area (Å²) in [6.07, 6.45) is 2.46. The first-order chi connectivity index (χ1) is 10.1. The van der Waals surface area contributed by atoms with Gasteiger partial charge in [-0.1, -0.05) is 0 Å². The number of aromatic nitrogens is 1. The third-order valence-electron chi connectivity index (χ3n) is 3.49. The smallest absolute Gasteiger partial charge is 0.355 e. The number of aromatic carboxylic acids is 1. The Morgan fingerprint density at radius 2 is 2.14 bits per heavy atom. The van der Waals surface area contributed by atoms with Crippen LogP contribution in [0.4, 0.5) is 4.79 Å². The molecule has 1 unspecified atom stereocenters. The van der Waals surface area contributed by atoms with Gasteiger partial charge >= 0.3 is 12.0 Å². The number of carbonyl (C=O) groups is 2. The normalized spacial score (nSPS) is 16.6. The molecule has 3 N–H and O–H groups in total. The molecule has 2 rings (SSSR count). The van der Waals surface area contributed by atoms with E-state index >= 15 is 0 Å². The van der Waals surface area contributed by atoms with Crippen LogP contribution in [-0.4, -0.2) is 52.7 Å². The van der Waals surface area contributed by atoms with Gasteiger partial charge < -0.3 is 15.7 Å². The fourth-order valence-electron chi connectivity index (χ4n) is 2.26. The Kier molecular flexibility index (Phi) is 5.51. The van der Waals surface area contributed by atoms with Crippen LogP contribution in [0.1, 0.15) is 35.3 Å². The van der Waals surface area contributed by atoms with Crippen LogP contribution in [0.3, 0.4) is 0 Å². The van der Waals surface area contributed by atoms with E-state index in [1.165, 1.54) is 29.6 Å². The van der Waals surface area contributed by atoms with Crippen molar-refractivity contribution < 1.29 is 14.7 Å². The Balaban J connectivity index is 1.68. The number of hydrogen-bond donors (Lipinski definition) is 3. The molecule has 8 heteroatoms. The molecular formula is C13H20N4O3S. The summed E-state index contributed by atoms with van der Waals surface area (Å²) in [6.45, 7) is 5.14. The van der Waals surface area contributed by atoms with Crippen molar-refractivity contribution in [3.63, 3.8) is 0 Å². The molecule has 0 spiro atoms. The van der Waals surface area contributed by atoms with Gasteiger partial charge in [-0.05, 0) is 32.9 Å². The van der Waals surface area contributed by atoms with E-state index in [1.54, 1.807) is 0 Å². The van der Waals surface area contributed by atoms with Gasteiger partial charge in [0.15, 0.2) is 5.69 Å². The van der Waals surface area contributed by atoms with Gasteiger partial charge in [-0.2, -0.15) is 0 Å². The number of amides is 2. The maximum atomic E-state index is 11.7. The molecule has 0 radical (unpaired) electrons. The minimum Gasteiger partial charge on any atom is -0.476 e. The summed E-state index contributed by atoms with van der Waals surface area (Å²) < 4.78 is 0. The molecule has 21 heavy (non-hydrogen) atoms. The van der Waals surface area contributed by atoms with Crippen LogP contribution in [0.2, 0.25) is 0 Å². The van der Waals surface area contributed by atoms with Crippen molar-refractivity contribution in [1.29, 1.82) is 0 Å². The first-order valence-corrected chi connectivity index (χ1v) is 7.87. The van der Waals surface area contributed by atoms with E-state index in [9.17, 15) is 9.59 Å². The minimum atomic E-state index is -1.05. The highest BCUT2D eigenvalue weighted by Gasteiger charge is 2.18. The van der Waals surface area contributed by atoms with Crippen molar-refractivity contribution in [1.82, 2.24) is 20.5 Å². The molecule has 1 aliphatic rings. The molecular weight excluding hydrogens is 292 g/mol. The maximum absolute atomic E-state index is 11.7. The second-order valence-electron chi connectivity index (χ2n) is 5.09. The van der Waals surface area contributed by atoms with Crippen molar-refractivity contribution in [2.45, 2.75) is 32.4 Å². The SMILES string of the molecule is CC(CNC(=O)NCc1nc(C(=O)O)cs1)N1CCCC1. The number of thiazole rings is 1. The number of nitrogens with zero attached hydrogens (tertiary/aromatic N) is 2. The first-order valence-electron chi connectivity index (χ1n) is 6.99. The summed E-state index contributed by atoms with van der Waals surface area (Å²) in [5, 5.41) is 16.3. The quantitative estimate of drug-likeness (QED) is 0.732. The van der Waals surface area contributed by atoms with Crippen LogP contribution in [0, 0.1) is 0 Å². The Morgan fingerprint density at radius 1 is 1.43 bits per heavy atom. The summed E-state index contributed by atoms with van der Waals surface area (Å²) in [4.78, 5) is 28.7. The maximum Gasteiger partial charge on any atom is 0.355 e. The zero-order valence-corrected chi connectivity index (χ0v) is 12.8. The van der Waals surface area contributed by atoms with Gasteiger partial charge in [-0.25, -0.2) is 14.6 Å². The van der Waals surface area contributed by atoms with E-state index in [4.69, 9.17) is 5.11 Å². The van der Waals surface area contributed by atoms with Crippen LogP contribution < -0.4 is 10.6 Å². The first kappa shape index (κ1) is 15.7. The average Bonchev–Trinajstić information content (AvgIpc) is 3.13. The molecule has 0 bridgehead atoms. The van der Waals surface area contributed by atoms with Crippen molar-refractivity contribution in [3.8, 4) is 0 Å². The molecule has 2 heterocycles. The zero-order chi connectivity index (χ0) is 15.2. The molecule has 0 aliphatic carbocycles. The minimum absolute atomic E-state index is 0.0138. The van der Waals surface area contributed by atoms with E-state index in [0.29, 0.717) is 17.6 Å². The lowest BCUT2D eigenvalue weighted by molar-refractivity contribution is 0.0691. The number of likely N-dealkylation sites (tertiary alicyclic amines) is 1. The molecule has 1 fully saturated rings. The van der Waals surface area contributed by atoms with Crippen LogP contribution in [0.5, 0.6) is 0 Å². The fraction of sp³-hybridized carbons (Fsp3) is 0.615. The predicted molar refractivity (Wildman–Crippen MR) is 79.6 cm³/mol. The predicted octanol–water partition coefficient (Wildman–Crippen LogP) is 1.12. The standard InChI is InChI=1S/C13H20N4O3S/c1-9(17-4-2-3-5-17)6-14-13(20)15-7-11-16-10(8-21-11)12(18)19/h8-9H,2-7H2,1H3,(H,18,19)(H2,14,15,20). The van der Waals surface area contributed by atoms with E-state index in [-0.39, 0.29) is 18.3 Å². The monoisotopic (exact) mass is 312 g/mol. The van der Waals surface area contributed by atoms with Crippen LogP contribution >= 0.6 is 11.3 Å². The number of hydrogen-bond acceptors (Lipinski definition) is 5. The Labute approximate surface area is 127 Å². The van der Waals surface area contributed by atoms with Crippen LogP contribution in [0.25, 0.3) is 0 Å². The van der Waals surface area contributed by atoms with E-state index in [1.807, 2.05) is 0 Å². The summed E-state index contributed by atoms with van der Waals surface area (Å²) in [5.74, 6) is -1.05. The molecule has 2 amide bonds. The summed E-state index contributed by atoms with van der Waals surface area (Å²) in [5.41, 5.74) is 0.0138. The number of carbonyl (C=O) groups excluding carboxylic acids is 1. The highest BCUT2D eigenvalue weighted by atomic mass is 32.1. The van der Waals surface area contributed by atoms with Gasteiger partial charge in [-0.3, -0.25) is 4.90 Å². The Bertz CT molecular complexity index is 499. The highest BCUT2D eigenvalue weighted by molar-refractivity contribution is 7.09. The summed E-state index contributed by atoms with van der Waals surface area (Å²) in [6, 6.07) is 0.0739. The number of carboxylic acid groups (broad SMARTS) is 1. The van der Waals surface area contributed by atoms with Crippen LogP contribution in [-0.2, 0) is 6.54 Å². The number of rotatable bonds is 6. The second-order valence-corrected chi connectivity index (χ2v) is 6.03. The molecule has 1 aliphatic heterocycles. The summed E-state index contributed by atoms with van der Waals surface area (Å²) >= 11 is 1.22. The Morgan fingerprint density at radius 3 is 2.76 bits per heavy atom. The average molecular weight is 312 g/mol. The van der Waals surface area contributed by atoms with Crippen molar-refractivity contribution in [2.75, 3.05) is 19.6 Å². The fourth-order valence-corrected chi connectivity index (χ4v) is 2.97. The van der Waals surface area contributed by atoms with Crippen molar-refractivity contribution >= 4 is 23.3 Å². The molecule has 1 aromatic rings. The lowest BCUT2D eigenvalue weighted by Crippen LogP contribution is -2.44. The van der Waals surface area contributed by atoms with Gasteiger partial charge in [0.05, 0.1) is 6.54 Å². The van der Waals surface area contributed by atoms with E-state index < -0.39 is 5.97 Å². The van der Waals surface area contributed by atoms with E-state index in [0.717, 1.165) is 13.1 Å². The lowest BCUT2D eigenvalue weighted by atomic mass is 10.3. The molecule has 7 nitrogen and oxygen atoms in total. The van der Waals surface area contributed by atoms with Gasteiger partial charge in [-0.15, -0.1) is 11.3 Å². The van der Waals surface area contributed by atoms with Crippen molar-refractivity contribution in [3.05, 3.63) is 16.1 Å². The third kappa shape index (κ3) is 4.68. The number of carboxylic acids is 1. The number of nitrogens with one attached hydrogen (secondary N) is 2. The molecule has 1 aromatic heterocycles. The molecule has 0 aromatic carbocycles. The van der Waals surface area contributed by atoms with Gasteiger partial charge in [0.1, 0.15) is 5.01 Å². The molecule has 1 saturated heterocycles. The second kappa shape index (κ2) is 7.37. The van der Waals surface area contributed by atoms with Gasteiger partial charge in [0.2, 0.25) is 0 Å². The largest absolute Gasteiger partial charge is 0.476 e. The third-order valence-corrected chi connectivity index (χ3v) is 4.34. The Hall–Kier alpha value is -1.67. The topological polar surface area (TPSA) is 94.6 Å². The molecule has 116 valence electrons. The van der Waals surface area contributed by atoms with Gasteiger partial charge in [0, 0.05) is 18.0 Å². The summed E-state index contributed by atoms with van der Waals surface area (Å²) in [7, 11) is 0. The van der Waals surface area contributed by atoms with Crippen molar-refractivity contribution in [2.24, 2.45) is 0 Å². The molecule has 1 atom stereocenters. The highest BCUT2D eigenvalue weighted by Crippen LogP contribution is 2.11. The number of urea groups is 1. The van der Waals surface area contributed by atoms with Crippen LogP contribution in [0.15, 0.2) is 5.38 Å². The van der Waals surface area contributed by atoms with E-state index in [2.05, 4.69) is 27.4 Å². The van der Waals surface area contributed by atoms with Gasteiger partial charge in [0.25, 0.3) is 0 Å².